The van der Waals surface area contributed by atoms with Crippen molar-refractivity contribution in [3.8, 4) is 0 Å². The standard InChI is InChI=1S/C15H28/c1-7-13(6)15(10-4,11-5)12-14(8-2)9-3/h8,14H,2,6-7,9-12H2,1,3-5H3. The predicted molar refractivity (Wildman–Crippen MR) is 71.0 cm³/mol. The van der Waals surface area contributed by atoms with Crippen LogP contribution in [0.4, 0.5) is 0 Å². The van der Waals surface area contributed by atoms with Gasteiger partial charge in [-0.1, -0.05) is 45.9 Å². The van der Waals surface area contributed by atoms with Crippen LogP contribution in [-0.4, -0.2) is 0 Å². The summed E-state index contributed by atoms with van der Waals surface area (Å²) in [6, 6.07) is 0. The van der Waals surface area contributed by atoms with Crippen molar-refractivity contribution < 1.29 is 0 Å². The van der Waals surface area contributed by atoms with E-state index in [4.69, 9.17) is 0 Å². The number of rotatable bonds is 8. The van der Waals surface area contributed by atoms with Gasteiger partial charge in [-0.15, -0.1) is 6.58 Å². The second-order valence-electron chi connectivity index (χ2n) is 4.55. The molecule has 0 aromatic rings. The smallest absolute Gasteiger partial charge is 0.00905 e. The Balaban J connectivity index is 4.77. The average Bonchev–Trinajstić information content (AvgIpc) is 2.30. The molecule has 0 saturated carbocycles. The van der Waals surface area contributed by atoms with Gasteiger partial charge >= 0.3 is 0 Å². The van der Waals surface area contributed by atoms with Crippen LogP contribution in [0.1, 0.15) is 59.8 Å². The first-order valence-corrected chi connectivity index (χ1v) is 6.40. The Morgan fingerprint density at radius 3 is 2.00 bits per heavy atom. The lowest BCUT2D eigenvalue weighted by Crippen LogP contribution is -2.24. The van der Waals surface area contributed by atoms with Crippen molar-refractivity contribution in [2.75, 3.05) is 0 Å². The highest BCUT2D eigenvalue weighted by Gasteiger charge is 2.30. The number of hydrogen-bond donors (Lipinski definition) is 0. The molecule has 0 radical (unpaired) electrons. The number of allylic oxidation sites excluding steroid dienone is 2. The summed E-state index contributed by atoms with van der Waals surface area (Å²) >= 11 is 0. The van der Waals surface area contributed by atoms with E-state index in [2.05, 4.69) is 46.9 Å². The summed E-state index contributed by atoms with van der Waals surface area (Å²) in [5.41, 5.74) is 1.77. The van der Waals surface area contributed by atoms with Gasteiger partial charge in [-0.05, 0) is 43.4 Å². The lowest BCUT2D eigenvalue weighted by molar-refractivity contribution is 0.257. The largest absolute Gasteiger partial charge is 0.103 e. The molecule has 0 aliphatic rings. The monoisotopic (exact) mass is 208 g/mol. The molecule has 0 spiro atoms. The van der Waals surface area contributed by atoms with Crippen LogP contribution in [0, 0.1) is 11.3 Å². The molecule has 0 saturated heterocycles. The van der Waals surface area contributed by atoms with Crippen molar-refractivity contribution >= 4 is 0 Å². The first-order chi connectivity index (χ1) is 7.10. The van der Waals surface area contributed by atoms with E-state index in [1.807, 2.05) is 0 Å². The van der Waals surface area contributed by atoms with Crippen LogP contribution in [0.15, 0.2) is 24.8 Å². The molecule has 0 rings (SSSR count). The Kier molecular flexibility index (Phi) is 6.63. The Hall–Kier alpha value is -0.520. The van der Waals surface area contributed by atoms with Crippen LogP contribution in [0.25, 0.3) is 0 Å². The molecule has 0 nitrogen and oxygen atoms in total. The summed E-state index contributed by atoms with van der Waals surface area (Å²) in [4.78, 5) is 0. The number of hydrogen-bond acceptors (Lipinski definition) is 0. The molecule has 0 aliphatic carbocycles. The van der Waals surface area contributed by atoms with Crippen LogP contribution < -0.4 is 0 Å². The SMILES string of the molecule is C=CC(CC)CC(CC)(CC)C(=C)CC. The molecule has 0 aliphatic heterocycles. The van der Waals surface area contributed by atoms with Gasteiger partial charge in [0.2, 0.25) is 0 Å². The van der Waals surface area contributed by atoms with Gasteiger partial charge in [-0.3, -0.25) is 0 Å². The van der Waals surface area contributed by atoms with E-state index in [0.29, 0.717) is 11.3 Å². The fourth-order valence-electron chi connectivity index (χ4n) is 2.45. The molecule has 0 N–H and O–H groups in total. The summed E-state index contributed by atoms with van der Waals surface area (Å²) in [6.07, 6.45) is 8.06. The zero-order valence-corrected chi connectivity index (χ0v) is 11.1. The van der Waals surface area contributed by atoms with Gasteiger partial charge in [0.25, 0.3) is 0 Å². The minimum absolute atomic E-state index is 0.351. The van der Waals surface area contributed by atoms with E-state index in [9.17, 15) is 0 Å². The van der Waals surface area contributed by atoms with Crippen LogP contribution in [0.3, 0.4) is 0 Å². The van der Waals surface area contributed by atoms with Crippen molar-refractivity contribution in [2.24, 2.45) is 11.3 Å². The molecule has 0 heterocycles. The molecule has 15 heavy (non-hydrogen) atoms. The highest BCUT2D eigenvalue weighted by Crippen LogP contribution is 2.42. The Morgan fingerprint density at radius 2 is 1.73 bits per heavy atom. The van der Waals surface area contributed by atoms with E-state index in [1.54, 1.807) is 0 Å². The van der Waals surface area contributed by atoms with E-state index >= 15 is 0 Å². The summed E-state index contributed by atoms with van der Waals surface area (Å²) in [5, 5.41) is 0. The zero-order valence-electron chi connectivity index (χ0n) is 11.1. The van der Waals surface area contributed by atoms with E-state index in [-0.39, 0.29) is 0 Å². The maximum Gasteiger partial charge on any atom is -0.00905 e. The second kappa shape index (κ2) is 6.87. The van der Waals surface area contributed by atoms with Crippen molar-refractivity contribution in [3.05, 3.63) is 24.8 Å². The molecule has 0 fully saturated rings. The van der Waals surface area contributed by atoms with Gasteiger partial charge in [0.15, 0.2) is 0 Å². The first kappa shape index (κ1) is 14.5. The molecule has 0 amide bonds. The third-order valence-electron chi connectivity index (χ3n) is 4.04. The highest BCUT2D eigenvalue weighted by molar-refractivity contribution is 5.10. The fraction of sp³-hybridized carbons (Fsp3) is 0.733. The normalized spacial score (nSPS) is 13.6. The summed E-state index contributed by atoms with van der Waals surface area (Å²) < 4.78 is 0. The molecule has 0 aromatic heterocycles. The Morgan fingerprint density at radius 1 is 1.20 bits per heavy atom. The molecular formula is C15H28. The molecular weight excluding hydrogens is 180 g/mol. The minimum atomic E-state index is 0.351. The van der Waals surface area contributed by atoms with E-state index in [0.717, 1.165) is 6.42 Å². The fourth-order valence-corrected chi connectivity index (χ4v) is 2.45. The van der Waals surface area contributed by atoms with Gasteiger partial charge < -0.3 is 0 Å². The first-order valence-electron chi connectivity index (χ1n) is 6.40. The van der Waals surface area contributed by atoms with Gasteiger partial charge in [0, 0.05) is 0 Å². The molecule has 1 atom stereocenters. The summed E-state index contributed by atoms with van der Waals surface area (Å²) in [7, 11) is 0. The maximum atomic E-state index is 4.27. The third kappa shape index (κ3) is 3.52. The summed E-state index contributed by atoms with van der Waals surface area (Å²) in [5.74, 6) is 0.646. The molecule has 1 unspecified atom stereocenters. The second-order valence-corrected chi connectivity index (χ2v) is 4.55. The van der Waals surface area contributed by atoms with Crippen LogP contribution in [0.2, 0.25) is 0 Å². The van der Waals surface area contributed by atoms with Gasteiger partial charge in [-0.25, -0.2) is 0 Å². The molecule has 0 heteroatoms. The highest BCUT2D eigenvalue weighted by atomic mass is 14.3. The molecule has 0 bridgehead atoms. The average molecular weight is 208 g/mol. The van der Waals surface area contributed by atoms with Crippen molar-refractivity contribution in [1.82, 2.24) is 0 Å². The third-order valence-corrected chi connectivity index (χ3v) is 4.04. The minimum Gasteiger partial charge on any atom is -0.103 e. The summed E-state index contributed by atoms with van der Waals surface area (Å²) in [6.45, 7) is 17.3. The van der Waals surface area contributed by atoms with E-state index < -0.39 is 0 Å². The van der Waals surface area contributed by atoms with E-state index in [1.165, 1.54) is 31.3 Å². The lowest BCUT2D eigenvalue weighted by Gasteiger charge is -2.36. The molecule has 88 valence electrons. The van der Waals surface area contributed by atoms with Crippen molar-refractivity contribution in [3.63, 3.8) is 0 Å². The predicted octanol–water partition coefficient (Wildman–Crippen LogP) is 5.36. The van der Waals surface area contributed by atoms with Gasteiger partial charge in [0.05, 0.1) is 0 Å². The van der Waals surface area contributed by atoms with Crippen LogP contribution in [-0.2, 0) is 0 Å². The van der Waals surface area contributed by atoms with Crippen LogP contribution in [0.5, 0.6) is 0 Å². The Labute approximate surface area is 96.5 Å². The lowest BCUT2D eigenvalue weighted by atomic mass is 9.69. The molecule has 0 aromatic carbocycles. The Bertz CT molecular complexity index is 196. The maximum absolute atomic E-state index is 4.27. The van der Waals surface area contributed by atoms with Crippen molar-refractivity contribution in [1.29, 1.82) is 0 Å². The van der Waals surface area contributed by atoms with Gasteiger partial charge in [0.1, 0.15) is 0 Å². The van der Waals surface area contributed by atoms with Gasteiger partial charge in [-0.2, -0.15) is 0 Å². The quantitative estimate of drug-likeness (QED) is 0.471. The van der Waals surface area contributed by atoms with Crippen molar-refractivity contribution in [2.45, 2.75) is 59.8 Å². The zero-order chi connectivity index (χ0) is 11.9. The topological polar surface area (TPSA) is 0 Å². The van der Waals surface area contributed by atoms with Crippen LogP contribution >= 0.6 is 0 Å².